The summed E-state index contributed by atoms with van der Waals surface area (Å²) in [5, 5.41) is 14.7. The zero-order valence-corrected chi connectivity index (χ0v) is 11.9. The highest BCUT2D eigenvalue weighted by atomic mass is 15.3. The van der Waals surface area contributed by atoms with Crippen molar-refractivity contribution in [1.82, 2.24) is 20.1 Å². The molecule has 1 fully saturated rings. The van der Waals surface area contributed by atoms with Gasteiger partial charge in [-0.25, -0.2) is 0 Å². The van der Waals surface area contributed by atoms with Crippen molar-refractivity contribution >= 4 is 11.8 Å². The fourth-order valence-electron chi connectivity index (χ4n) is 2.29. The maximum atomic E-state index is 4.45. The molecular weight excluding hydrogens is 240 g/mol. The third-order valence-electron chi connectivity index (χ3n) is 3.36. The Hall–Kier alpha value is -1.43. The molecule has 106 valence electrons. The first-order chi connectivity index (χ1) is 9.24. The predicted octanol–water partition coefficient (Wildman–Crippen LogP) is 1.59. The van der Waals surface area contributed by atoms with E-state index < -0.39 is 0 Å². The fraction of sp³-hybridized carbons (Fsp3) is 0.769. The largest absolute Gasteiger partial charge is 0.367 e. The van der Waals surface area contributed by atoms with Crippen LogP contribution in [0.25, 0.3) is 0 Å². The van der Waals surface area contributed by atoms with E-state index in [9.17, 15) is 0 Å². The lowest BCUT2D eigenvalue weighted by Gasteiger charge is -2.22. The zero-order valence-electron chi connectivity index (χ0n) is 11.9. The summed E-state index contributed by atoms with van der Waals surface area (Å²) in [7, 11) is 4.10. The van der Waals surface area contributed by atoms with Crippen LogP contribution in [-0.2, 0) is 0 Å². The van der Waals surface area contributed by atoms with Gasteiger partial charge >= 0.3 is 0 Å². The van der Waals surface area contributed by atoms with Crippen molar-refractivity contribution in [3.63, 3.8) is 0 Å². The third-order valence-corrected chi connectivity index (χ3v) is 3.36. The molecular formula is C13H24N6. The van der Waals surface area contributed by atoms with Gasteiger partial charge < -0.3 is 15.5 Å². The molecule has 0 radical (unpaired) electrons. The van der Waals surface area contributed by atoms with Gasteiger partial charge in [0.15, 0.2) is 5.82 Å². The normalized spacial score (nSPS) is 16.6. The molecule has 1 heterocycles. The van der Waals surface area contributed by atoms with Crippen molar-refractivity contribution < 1.29 is 0 Å². The maximum absolute atomic E-state index is 4.45. The molecule has 6 nitrogen and oxygen atoms in total. The van der Waals surface area contributed by atoms with Gasteiger partial charge in [0.2, 0.25) is 5.95 Å². The van der Waals surface area contributed by atoms with E-state index in [1.165, 1.54) is 32.1 Å². The Bertz CT molecular complexity index is 375. The van der Waals surface area contributed by atoms with Crippen LogP contribution in [0.2, 0.25) is 0 Å². The predicted molar refractivity (Wildman–Crippen MR) is 77.4 cm³/mol. The van der Waals surface area contributed by atoms with Crippen LogP contribution in [0.5, 0.6) is 0 Å². The van der Waals surface area contributed by atoms with Crippen molar-refractivity contribution in [3.05, 3.63) is 6.20 Å². The first-order valence-electron chi connectivity index (χ1n) is 7.09. The lowest BCUT2D eigenvalue weighted by molar-refractivity contribution is 0.425. The van der Waals surface area contributed by atoms with Crippen molar-refractivity contribution in [2.75, 3.05) is 37.8 Å². The van der Waals surface area contributed by atoms with Crippen LogP contribution in [-0.4, -0.2) is 53.3 Å². The van der Waals surface area contributed by atoms with E-state index >= 15 is 0 Å². The van der Waals surface area contributed by atoms with Gasteiger partial charge in [-0.15, -0.1) is 5.10 Å². The van der Waals surface area contributed by atoms with E-state index in [2.05, 4.69) is 44.8 Å². The smallest absolute Gasteiger partial charge is 0.244 e. The molecule has 0 bridgehead atoms. The molecule has 0 amide bonds. The van der Waals surface area contributed by atoms with Gasteiger partial charge in [0.25, 0.3) is 0 Å². The molecule has 0 spiro atoms. The van der Waals surface area contributed by atoms with Gasteiger partial charge in [0, 0.05) is 19.1 Å². The first-order valence-corrected chi connectivity index (χ1v) is 7.09. The first kappa shape index (κ1) is 14.0. The SMILES string of the molecule is CN(C)CCNc1cnnc(NC2CCCCC2)n1. The van der Waals surface area contributed by atoms with Gasteiger partial charge in [-0.1, -0.05) is 19.3 Å². The van der Waals surface area contributed by atoms with Crippen LogP contribution in [0, 0.1) is 0 Å². The molecule has 1 aliphatic rings. The molecule has 1 aromatic rings. The van der Waals surface area contributed by atoms with Crippen LogP contribution < -0.4 is 10.6 Å². The van der Waals surface area contributed by atoms with Crippen LogP contribution in [0.3, 0.4) is 0 Å². The number of likely N-dealkylation sites (N-methyl/N-ethyl adjacent to an activating group) is 1. The Balaban J connectivity index is 1.83. The summed E-state index contributed by atoms with van der Waals surface area (Å²) in [6.45, 7) is 1.82. The number of aromatic nitrogens is 3. The summed E-state index contributed by atoms with van der Waals surface area (Å²) in [6.07, 6.45) is 8.03. The Morgan fingerprint density at radius 1 is 1.26 bits per heavy atom. The van der Waals surface area contributed by atoms with Crippen molar-refractivity contribution in [3.8, 4) is 0 Å². The standard InChI is InChI=1S/C13H24N6/c1-19(2)9-8-14-12-10-15-18-13(17-12)16-11-6-4-3-5-7-11/h10-11H,3-9H2,1-2H3,(H2,14,16,17,18). The molecule has 6 heteroatoms. The summed E-state index contributed by atoms with van der Waals surface area (Å²) in [5.41, 5.74) is 0. The van der Waals surface area contributed by atoms with Crippen LogP contribution >= 0.6 is 0 Å². The summed E-state index contributed by atoms with van der Waals surface area (Å²) >= 11 is 0. The van der Waals surface area contributed by atoms with Crippen LogP contribution in [0.1, 0.15) is 32.1 Å². The summed E-state index contributed by atoms with van der Waals surface area (Å²) in [6, 6.07) is 0.507. The molecule has 0 atom stereocenters. The Labute approximate surface area is 115 Å². The molecule has 1 aliphatic carbocycles. The van der Waals surface area contributed by atoms with Gasteiger partial charge in [0.05, 0.1) is 6.20 Å². The second-order valence-electron chi connectivity index (χ2n) is 5.37. The van der Waals surface area contributed by atoms with E-state index in [1.807, 2.05) is 0 Å². The highest BCUT2D eigenvalue weighted by Crippen LogP contribution is 2.20. The lowest BCUT2D eigenvalue weighted by atomic mass is 9.96. The zero-order chi connectivity index (χ0) is 13.5. The second kappa shape index (κ2) is 7.23. The van der Waals surface area contributed by atoms with Crippen molar-refractivity contribution in [2.45, 2.75) is 38.1 Å². The molecule has 1 aromatic heterocycles. The van der Waals surface area contributed by atoms with E-state index in [-0.39, 0.29) is 0 Å². The highest BCUT2D eigenvalue weighted by molar-refractivity contribution is 5.37. The van der Waals surface area contributed by atoms with E-state index in [0.29, 0.717) is 12.0 Å². The number of nitrogens with zero attached hydrogens (tertiary/aromatic N) is 4. The average molecular weight is 264 g/mol. The Morgan fingerprint density at radius 2 is 2.05 bits per heavy atom. The monoisotopic (exact) mass is 264 g/mol. The maximum Gasteiger partial charge on any atom is 0.244 e. The Kier molecular flexibility index (Phi) is 5.32. The van der Waals surface area contributed by atoms with E-state index in [1.54, 1.807) is 6.20 Å². The molecule has 0 saturated heterocycles. The van der Waals surface area contributed by atoms with Gasteiger partial charge in [-0.05, 0) is 26.9 Å². The van der Waals surface area contributed by atoms with Crippen LogP contribution in [0.4, 0.5) is 11.8 Å². The molecule has 0 aromatic carbocycles. The molecule has 2 N–H and O–H groups in total. The molecule has 1 saturated carbocycles. The highest BCUT2D eigenvalue weighted by Gasteiger charge is 2.14. The van der Waals surface area contributed by atoms with Crippen molar-refractivity contribution in [1.29, 1.82) is 0 Å². The van der Waals surface area contributed by atoms with Crippen LogP contribution in [0.15, 0.2) is 6.20 Å². The van der Waals surface area contributed by atoms with Crippen molar-refractivity contribution in [2.24, 2.45) is 0 Å². The van der Waals surface area contributed by atoms with Gasteiger partial charge in [0.1, 0.15) is 0 Å². The Morgan fingerprint density at radius 3 is 2.79 bits per heavy atom. The number of anilines is 2. The fourth-order valence-corrected chi connectivity index (χ4v) is 2.29. The number of nitrogens with one attached hydrogen (secondary N) is 2. The van der Waals surface area contributed by atoms with E-state index in [0.717, 1.165) is 18.9 Å². The summed E-state index contributed by atoms with van der Waals surface area (Å²) in [4.78, 5) is 6.58. The number of hydrogen-bond acceptors (Lipinski definition) is 6. The molecule has 0 unspecified atom stereocenters. The number of rotatable bonds is 6. The van der Waals surface area contributed by atoms with Gasteiger partial charge in [-0.2, -0.15) is 10.1 Å². The third kappa shape index (κ3) is 4.98. The molecule has 0 aliphatic heterocycles. The van der Waals surface area contributed by atoms with E-state index in [4.69, 9.17) is 0 Å². The minimum Gasteiger partial charge on any atom is -0.367 e. The quantitative estimate of drug-likeness (QED) is 0.813. The minimum atomic E-state index is 0.507. The molecule has 2 rings (SSSR count). The topological polar surface area (TPSA) is 66.0 Å². The molecule has 19 heavy (non-hydrogen) atoms. The van der Waals surface area contributed by atoms with Gasteiger partial charge in [-0.3, -0.25) is 0 Å². The summed E-state index contributed by atoms with van der Waals surface area (Å²) in [5.74, 6) is 1.43. The minimum absolute atomic E-state index is 0.507. The summed E-state index contributed by atoms with van der Waals surface area (Å²) < 4.78 is 0. The average Bonchev–Trinajstić information content (AvgIpc) is 2.40. The number of hydrogen-bond donors (Lipinski definition) is 2. The second-order valence-corrected chi connectivity index (χ2v) is 5.37. The lowest BCUT2D eigenvalue weighted by Crippen LogP contribution is -2.24.